The Balaban J connectivity index is 2.37. The molecule has 2 aromatic carbocycles. The van der Waals surface area contributed by atoms with Crippen molar-refractivity contribution < 1.29 is 52.2 Å². The van der Waals surface area contributed by atoms with Gasteiger partial charge in [0.05, 0.1) is 5.56 Å². The maximum absolute atomic E-state index is 13.2. The van der Waals surface area contributed by atoms with E-state index < -0.39 is 0 Å². The molecule has 0 radical (unpaired) electrons. The second-order valence-electron chi connectivity index (χ2n) is 6.93. The van der Waals surface area contributed by atoms with Crippen molar-refractivity contribution in [2.24, 2.45) is 0 Å². The molecule has 2 rings (SSSR count). The molecule has 0 aliphatic rings. The van der Waals surface area contributed by atoms with E-state index in [-0.39, 0.29) is 56.8 Å². The van der Waals surface area contributed by atoms with E-state index in [2.05, 4.69) is 0 Å². The topological polar surface area (TPSA) is 109 Å². The van der Waals surface area contributed by atoms with Gasteiger partial charge >= 0.3 is 0 Å². The molecule has 11 heteroatoms. The smallest absolute Gasteiger partial charge is 0.207 e. The molecule has 0 spiro atoms. The summed E-state index contributed by atoms with van der Waals surface area (Å²) < 4.78 is 52.9. The van der Waals surface area contributed by atoms with Gasteiger partial charge in [-0.3, -0.25) is 4.79 Å². The minimum Gasteiger partial charge on any atom is -0.464 e. The van der Waals surface area contributed by atoms with Crippen molar-refractivity contribution in [2.75, 3.05) is 69.5 Å². The molecule has 0 heterocycles. The molecule has 0 aromatic heterocycles. The number of benzene rings is 2. The van der Waals surface area contributed by atoms with Crippen molar-refractivity contribution in [3.05, 3.63) is 47.5 Å². The van der Waals surface area contributed by atoms with Crippen LogP contribution >= 0.6 is 0 Å². The largest absolute Gasteiger partial charge is 0.464 e. The molecule has 0 fully saturated rings. The molecule has 198 valence electrons. The highest BCUT2D eigenvalue weighted by molar-refractivity contribution is 6.09. The Morgan fingerprint density at radius 2 is 1.11 bits per heavy atom. The number of methoxy groups -OCH3 is 5. The van der Waals surface area contributed by atoms with Crippen molar-refractivity contribution >= 4 is 11.9 Å². The molecule has 11 nitrogen and oxygen atoms in total. The zero-order chi connectivity index (χ0) is 26.2. The van der Waals surface area contributed by atoms with Gasteiger partial charge in [0.25, 0.3) is 0 Å². The first-order valence-electron chi connectivity index (χ1n) is 10.7. The Bertz CT molecular complexity index is 975. The number of allylic oxidation sites excluding steroid dienone is 1. The van der Waals surface area contributed by atoms with Crippen LogP contribution in [0.2, 0.25) is 0 Å². The first kappa shape index (κ1) is 28.9. The van der Waals surface area contributed by atoms with Crippen molar-refractivity contribution in [3.8, 4) is 28.7 Å². The average molecular weight is 509 g/mol. The Kier molecular flexibility index (Phi) is 13.1. The van der Waals surface area contributed by atoms with E-state index in [1.165, 1.54) is 41.6 Å². The summed E-state index contributed by atoms with van der Waals surface area (Å²) in [5.74, 6) is 1.19. The zero-order valence-corrected chi connectivity index (χ0v) is 21.1. The van der Waals surface area contributed by atoms with Crippen LogP contribution < -0.4 is 23.7 Å². The number of ether oxygens (including phenoxy) is 10. The van der Waals surface area contributed by atoms with Gasteiger partial charge in [-0.05, 0) is 35.9 Å². The zero-order valence-electron chi connectivity index (χ0n) is 21.1. The third kappa shape index (κ3) is 8.70. The van der Waals surface area contributed by atoms with Crippen molar-refractivity contribution in [1.82, 2.24) is 0 Å². The quantitative estimate of drug-likeness (QED) is 0.168. The summed E-state index contributed by atoms with van der Waals surface area (Å²) in [5, 5.41) is 0. The number of hydrogen-bond acceptors (Lipinski definition) is 11. The maximum Gasteiger partial charge on any atom is 0.207 e. The third-order valence-electron chi connectivity index (χ3n) is 4.38. The normalized spacial score (nSPS) is 10.9. The van der Waals surface area contributed by atoms with Gasteiger partial charge in [0.1, 0.15) is 0 Å². The highest BCUT2D eigenvalue weighted by atomic mass is 16.7. The summed E-state index contributed by atoms with van der Waals surface area (Å²) in [6, 6.07) is 8.34. The molecule has 0 atom stereocenters. The maximum atomic E-state index is 13.2. The first-order chi connectivity index (χ1) is 17.6. The number of rotatable bonds is 18. The summed E-state index contributed by atoms with van der Waals surface area (Å²) in [6.45, 7) is -0.167. The molecule has 0 saturated carbocycles. The molecular formula is C25H32O11. The van der Waals surface area contributed by atoms with Gasteiger partial charge in [0.2, 0.25) is 5.75 Å². The highest BCUT2D eigenvalue weighted by Gasteiger charge is 2.21. The second kappa shape index (κ2) is 16.3. The molecular weight excluding hydrogens is 476 g/mol. The summed E-state index contributed by atoms with van der Waals surface area (Å²) in [6.07, 6.45) is 3.03. The van der Waals surface area contributed by atoms with Crippen LogP contribution in [0.15, 0.2) is 36.4 Å². The molecule has 36 heavy (non-hydrogen) atoms. The fourth-order valence-electron chi connectivity index (χ4n) is 2.86. The SMILES string of the molecule is COCOc1ccc(/C=C/C(=O)c2ccc(OCOC)c(OCOC)c2OCOC)cc1OCOC. The van der Waals surface area contributed by atoms with Crippen LogP contribution in [0.3, 0.4) is 0 Å². The Morgan fingerprint density at radius 1 is 0.611 bits per heavy atom. The van der Waals surface area contributed by atoms with Crippen LogP contribution in [0.25, 0.3) is 6.08 Å². The lowest BCUT2D eigenvalue weighted by molar-refractivity contribution is 0.0215. The predicted octanol–water partition coefficient (Wildman–Crippen LogP) is 3.50. The van der Waals surface area contributed by atoms with E-state index >= 15 is 0 Å². The molecule has 0 unspecified atom stereocenters. The molecule has 0 aliphatic heterocycles. The van der Waals surface area contributed by atoms with Crippen LogP contribution in [-0.2, 0) is 23.7 Å². The van der Waals surface area contributed by atoms with Crippen LogP contribution in [-0.4, -0.2) is 75.3 Å². The standard InChI is InChI=1S/C25H32O11/c1-27-13-32-21-10-7-18(12-23(21)34-15-29-3)6-9-20(26)19-8-11-22(33-14-28-2)25(36-17-31-5)24(19)35-16-30-4/h6-12H,13-17H2,1-5H3/b9-6+. The minimum absolute atomic E-state index is 0.0252. The molecule has 2 aromatic rings. The van der Waals surface area contributed by atoms with Crippen LogP contribution in [0.5, 0.6) is 28.7 Å². The van der Waals surface area contributed by atoms with E-state index in [9.17, 15) is 4.79 Å². The summed E-state index contributed by atoms with van der Waals surface area (Å²) in [5.41, 5.74) is 0.921. The molecule has 0 N–H and O–H groups in total. The lowest BCUT2D eigenvalue weighted by atomic mass is 10.1. The second-order valence-corrected chi connectivity index (χ2v) is 6.93. The van der Waals surface area contributed by atoms with Gasteiger partial charge in [0, 0.05) is 35.5 Å². The van der Waals surface area contributed by atoms with E-state index in [1.807, 2.05) is 0 Å². The fraction of sp³-hybridized carbons (Fsp3) is 0.400. The average Bonchev–Trinajstić information content (AvgIpc) is 2.90. The van der Waals surface area contributed by atoms with E-state index in [0.717, 1.165) is 0 Å². The van der Waals surface area contributed by atoms with Gasteiger partial charge in [-0.15, -0.1) is 0 Å². The highest BCUT2D eigenvalue weighted by Crippen LogP contribution is 2.41. The Hall–Kier alpha value is -3.35. The van der Waals surface area contributed by atoms with E-state index in [0.29, 0.717) is 22.8 Å². The van der Waals surface area contributed by atoms with Crippen molar-refractivity contribution in [1.29, 1.82) is 0 Å². The molecule has 0 amide bonds. The lowest BCUT2D eigenvalue weighted by Crippen LogP contribution is -2.11. The third-order valence-corrected chi connectivity index (χ3v) is 4.38. The lowest BCUT2D eigenvalue weighted by Gasteiger charge is -2.18. The minimum atomic E-state index is -0.347. The number of carbonyl (C=O) groups excluding carboxylic acids is 1. The van der Waals surface area contributed by atoms with Crippen LogP contribution in [0, 0.1) is 0 Å². The summed E-state index contributed by atoms with van der Waals surface area (Å²) >= 11 is 0. The Morgan fingerprint density at radius 3 is 1.72 bits per heavy atom. The summed E-state index contributed by atoms with van der Waals surface area (Å²) in [4.78, 5) is 13.2. The Labute approximate surface area is 210 Å². The predicted molar refractivity (Wildman–Crippen MR) is 129 cm³/mol. The molecule has 0 bridgehead atoms. The number of ketones is 1. The van der Waals surface area contributed by atoms with Gasteiger partial charge in [-0.2, -0.15) is 0 Å². The number of hydrogen-bond donors (Lipinski definition) is 0. The van der Waals surface area contributed by atoms with Gasteiger partial charge in [-0.1, -0.05) is 12.1 Å². The van der Waals surface area contributed by atoms with Gasteiger partial charge in [0.15, 0.2) is 62.7 Å². The number of carbonyl (C=O) groups is 1. The summed E-state index contributed by atoms with van der Waals surface area (Å²) in [7, 11) is 7.45. The van der Waals surface area contributed by atoms with E-state index in [1.54, 1.807) is 36.4 Å². The first-order valence-corrected chi connectivity index (χ1v) is 10.7. The molecule has 0 aliphatic carbocycles. The van der Waals surface area contributed by atoms with Crippen LogP contribution in [0.1, 0.15) is 15.9 Å². The molecule has 0 saturated heterocycles. The van der Waals surface area contributed by atoms with Gasteiger partial charge < -0.3 is 47.4 Å². The fourth-order valence-corrected chi connectivity index (χ4v) is 2.86. The monoisotopic (exact) mass is 508 g/mol. The van der Waals surface area contributed by atoms with Gasteiger partial charge in [-0.25, -0.2) is 0 Å². The van der Waals surface area contributed by atoms with Crippen molar-refractivity contribution in [3.63, 3.8) is 0 Å². The van der Waals surface area contributed by atoms with Crippen LogP contribution in [0.4, 0.5) is 0 Å². The van der Waals surface area contributed by atoms with E-state index in [4.69, 9.17) is 47.4 Å². The van der Waals surface area contributed by atoms with Crippen molar-refractivity contribution in [2.45, 2.75) is 0 Å².